The van der Waals surface area contributed by atoms with Gasteiger partial charge in [0.15, 0.2) is 0 Å². The summed E-state index contributed by atoms with van der Waals surface area (Å²) in [5.74, 6) is 0. The van der Waals surface area contributed by atoms with Crippen LogP contribution in [0.4, 0.5) is 0 Å². The van der Waals surface area contributed by atoms with E-state index >= 15 is 0 Å². The Morgan fingerprint density at radius 2 is 2.54 bits per heavy atom. The smallest absolute Gasteiger partial charge is 0.0623 e. The molecule has 3 nitrogen and oxygen atoms in total. The van der Waals surface area contributed by atoms with Crippen molar-refractivity contribution in [3.05, 3.63) is 16.0 Å². The molecule has 0 radical (unpaired) electrons. The molecular weight excluding hydrogens is 277 g/mol. The Hall–Kier alpha value is -0.100. The lowest BCUT2D eigenvalue weighted by Gasteiger charge is -2.23. The van der Waals surface area contributed by atoms with Crippen LogP contribution >= 0.6 is 22.6 Å². The summed E-state index contributed by atoms with van der Waals surface area (Å²) < 4.78 is 3.25. The van der Waals surface area contributed by atoms with Gasteiger partial charge in [0.2, 0.25) is 0 Å². The standard InChI is InChI=1S/C9H14IN3/c10-8-5-12-13(6-8)7-9-3-1-2-4-11-9/h5-6,9,11H,1-4,7H2/t9-/m0/s1. The average molecular weight is 291 g/mol. The normalized spacial score (nSPS) is 23.3. The lowest BCUT2D eigenvalue weighted by Crippen LogP contribution is -2.37. The van der Waals surface area contributed by atoms with Gasteiger partial charge in [0, 0.05) is 12.2 Å². The number of halogens is 1. The summed E-state index contributed by atoms with van der Waals surface area (Å²) in [6.07, 6.45) is 7.97. The van der Waals surface area contributed by atoms with E-state index in [1.807, 2.05) is 10.9 Å². The van der Waals surface area contributed by atoms with E-state index < -0.39 is 0 Å². The molecule has 2 rings (SSSR count). The summed E-state index contributed by atoms with van der Waals surface area (Å²) in [6, 6.07) is 0.629. The second-order valence-corrected chi connectivity index (χ2v) is 4.77. The number of rotatable bonds is 2. The minimum Gasteiger partial charge on any atom is -0.312 e. The molecule has 1 N–H and O–H groups in total. The van der Waals surface area contributed by atoms with Crippen molar-refractivity contribution < 1.29 is 0 Å². The van der Waals surface area contributed by atoms with Gasteiger partial charge in [-0.15, -0.1) is 0 Å². The van der Waals surface area contributed by atoms with Crippen LogP contribution in [0.2, 0.25) is 0 Å². The molecular formula is C9H14IN3. The molecule has 0 aliphatic carbocycles. The number of nitrogens with one attached hydrogen (secondary N) is 1. The summed E-state index contributed by atoms with van der Waals surface area (Å²) in [6.45, 7) is 2.19. The Morgan fingerprint density at radius 1 is 1.62 bits per heavy atom. The Morgan fingerprint density at radius 3 is 3.15 bits per heavy atom. The van der Waals surface area contributed by atoms with Gasteiger partial charge in [0.1, 0.15) is 0 Å². The highest BCUT2D eigenvalue weighted by Gasteiger charge is 2.12. The molecule has 72 valence electrons. The Kier molecular flexibility index (Phi) is 3.21. The fourth-order valence-electron chi connectivity index (χ4n) is 1.74. The topological polar surface area (TPSA) is 29.9 Å². The van der Waals surface area contributed by atoms with E-state index in [1.165, 1.54) is 29.4 Å². The second kappa shape index (κ2) is 4.41. The van der Waals surface area contributed by atoms with Crippen LogP contribution in [0.15, 0.2) is 12.4 Å². The van der Waals surface area contributed by atoms with E-state index in [2.05, 4.69) is 39.2 Å². The van der Waals surface area contributed by atoms with Gasteiger partial charge in [-0.1, -0.05) is 6.42 Å². The van der Waals surface area contributed by atoms with Crippen molar-refractivity contribution in [2.75, 3.05) is 6.54 Å². The monoisotopic (exact) mass is 291 g/mol. The van der Waals surface area contributed by atoms with Gasteiger partial charge in [-0.25, -0.2) is 0 Å². The van der Waals surface area contributed by atoms with Gasteiger partial charge in [-0.05, 0) is 42.0 Å². The van der Waals surface area contributed by atoms with E-state index in [-0.39, 0.29) is 0 Å². The Labute approximate surface area is 92.0 Å². The molecule has 1 aliphatic heterocycles. The molecule has 1 aromatic heterocycles. The van der Waals surface area contributed by atoms with E-state index in [0.717, 1.165) is 6.54 Å². The predicted octanol–water partition coefficient (Wildman–Crippen LogP) is 1.63. The number of nitrogens with zero attached hydrogens (tertiary/aromatic N) is 2. The van der Waals surface area contributed by atoms with E-state index in [9.17, 15) is 0 Å². The SMILES string of the molecule is Ic1cnn(C[C@@H]2CCCCN2)c1. The number of hydrogen-bond donors (Lipinski definition) is 1. The van der Waals surface area contributed by atoms with Crippen LogP contribution in [-0.2, 0) is 6.54 Å². The summed E-state index contributed by atoms with van der Waals surface area (Å²) in [4.78, 5) is 0. The van der Waals surface area contributed by atoms with Gasteiger partial charge >= 0.3 is 0 Å². The van der Waals surface area contributed by atoms with Crippen LogP contribution < -0.4 is 5.32 Å². The summed E-state index contributed by atoms with van der Waals surface area (Å²) in [5.41, 5.74) is 0. The zero-order chi connectivity index (χ0) is 9.10. The molecule has 0 saturated carbocycles. The quantitative estimate of drug-likeness (QED) is 0.839. The first-order valence-corrected chi connectivity index (χ1v) is 5.84. The molecule has 0 spiro atoms. The molecule has 4 heteroatoms. The maximum absolute atomic E-state index is 4.28. The molecule has 1 saturated heterocycles. The van der Waals surface area contributed by atoms with Crippen LogP contribution in [0.25, 0.3) is 0 Å². The van der Waals surface area contributed by atoms with Gasteiger partial charge < -0.3 is 5.32 Å². The van der Waals surface area contributed by atoms with Crippen molar-refractivity contribution in [3.63, 3.8) is 0 Å². The third kappa shape index (κ3) is 2.67. The molecule has 1 aromatic rings. The number of hydrogen-bond acceptors (Lipinski definition) is 2. The zero-order valence-electron chi connectivity index (χ0n) is 7.54. The Balaban J connectivity index is 1.89. The van der Waals surface area contributed by atoms with Crippen molar-refractivity contribution >= 4 is 22.6 Å². The number of piperidine rings is 1. The van der Waals surface area contributed by atoms with E-state index in [1.54, 1.807) is 0 Å². The first-order chi connectivity index (χ1) is 6.34. The van der Waals surface area contributed by atoms with Gasteiger partial charge in [0.25, 0.3) is 0 Å². The maximum Gasteiger partial charge on any atom is 0.0623 e. The fraction of sp³-hybridized carbons (Fsp3) is 0.667. The largest absolute Gasteiger partial charge is 0.312 e. The molecule has 1 fully saturated rings. The molecule has 1 aliphatic rings. The molecule has 0 aromatic carbocycles. The molecule has 1 atom stereocenters. The Bertz CT molecular complexity index is 266. The van der Waals surface area contributed by atoms with Crippen LogP contribution in [-0.4, -0.2) is 22.4 Å². The van der Waals surface area contributed by atoms with Crippen LogP contribution in [0.3, 0.4) is 0 Å². The minimum atomic E-state index is 0.629. The van der Waals surface area contributed by atoms with Crippen molar-refractivity contribution in [1.29, 1.82) is 0 Å². The molecule has 0 bridgehead atoms. The van der Waals surface area contributed by atoms with Gasteiger partial charge in [-0.3, -0.25) is 4.68 Å². The highest BCUT2D eigenvalue weighted by atomic mass is 127. The first-order valence-electron chi connectivity index (χ1n) is 4.76. The lowest BCUT2D eigenvalue weighted by molar-refractivity contribution is 0.351. The highest BCUT2D eigenvalue weighted by molar-refractivity contribution is 14.1. The van der Waals surface area contributed by atoms with E-state index in [0.29, 0.717) is 6.04 Å². The van der Waals surface area contributed by atoms with E-state index in [4.69, 9.17) is 0 Å². The summed E-state index contributed by atoms with van der Waals surface area (Å²) in [7, 11) is 0. The fourth-order valence-corrected chi connectivity index (χ4v) is 2.19. The van der Waals surface area contributed by atoms with Crippen molar-refractivity contribution in [3.8, 4) is 0 Å². The molecule has 0 amide bonds. The predicted molar refractivity (Wildman–Crippen MR) is 60.6 cm³/mol. The number of aromatic nitrogens is 2. The summed E-state index contributed by atoms with van der Waals surface area (Å²) in [5, 5.41) is 7.79. The molecule has 2 heterocycles. The van der Waals surface area contributed by atoms with Gasteiger partial charge in [-0.2, -0.15) is 5.10 Å². The lowest BCUT2D eigenvalue weighted by atomic mass is 10.1. The zero-order valence-corrected chi connectivity index (χ0v) is 9.70. The first kappa shape index (κ1) is 9.45. The second-order valence-electron chi connectivity index (χ2n) is 3.53. The molecule has 13 heavy (non-hydrogen) atoms. The van der Waals surface area contributed by atoms with Crippen LogP contribution in [0.5, 0.6) is 0 Å². The van der Waals surface area contributed by atoms with Crippen molar-refractivity contribution in [2.45, 2.75) is 31.8 Å². The van der Waals surface area contributed by atoms with Crippen molar-refractivity contribution in [1.82, 2.24) is 15.1 Å². The summed E-state index contributed by atoms with van der Waals surface area (Å²) >= 11 is 2.29. The van der Waals surface area contributed by atoms with Crippen molar-refractivity contribution in [2.24, 2.45) is 0 Å². The maximum atomic E-state index is 4.28. The third-order valence-electron chi connectivity index (χ3n) is 2.42. The minimum absolute atomic E-state index is 0.629. The van der Waals surface area contributed by atoms with Gasteiger partial charge in [0.05, 0.1) is 16.3 Å². The highest BCUT2D eigenvalue weighted by Crippen LogP contribution is 2.09. The van der Waals surface area contributed by atoms with Crippen LogP contribution in [0, 0.1) is 3.57 Å². The average Bonchev–Trinajstić information content (AvgIpc) is 2.53. The molecule has 0 unspecified atom stereocenters. The van der Waals surface area contributed by atoms with Crippen LogP contribution in [0.1, 0.15) is 19.3 Å². The third-order valence-corrected chi connectivity index (χ3v) is 2.98.